The van der Waals surface area contributed by atoms with E-state index in [-0.39, 0.29) is 22.3 Å². The minimum atomic E-state index is -0.591. The molecule has 90 valence electrons. The van der Waals surface area contributed by atoms with Crippen molar-refractivity contribution in [3.8, 4) is 0 Å². The second-order valence-corrected chi connectivity index (χ2v) is 6.24. The number of hydrogen-bond donors (Lipinski definition) is 0. The largest absolute Gasteiger partial charge is 0.294 e. The molecule has 3 rings (SSSR count). The molecule has 0 heterocycles. The molecule has 0 aliphatic heterocycles. The van der Waals surface area contributed by atoms with Crippen LogP contribution < -0.4 is 0 Å². The van der Waals surface area contributed by atoms with E-state index in [9.17, 15) is 9.18 Å². The van der Waals surface area contributed by atoms with Gasteiger partial charge in [0.1, 0.15) is 0 Å². The van der Waals surface area contributed by atoms with E-state index in [1.54, 1.807) is 6.07 Å². The van der Waals surface area contributed by atoms with E-state index in [2.05, 4.69) is 15.9 Å². The lowest BCUT2D eigenvalue weighted by molar-refractivity contribution is 0.0910. The molecule has 0 aromatic heterocycles. The molecule has 2 fully saturated rings. The normalized spacial score (nSPS) is 30.2. The Kier molecular flexibility index (Phi) is 2.79. The molecule has 2 unspecified atom stereocenters. The van der Waals surface area contributed by atoms with Gasteiger partial charge in [0.2, 0.25) is 0 Å². The van der Waals surface area contributed by atoms with Crippen molar-refractivity contribution in [3.63, 3.8) is 0 Å². The molecule has 2 atom stereocenters. The Morgan fingerprint density at radius 2 is 1.94 bits per heavy atom. The Labute approximate surface area is 112 Å². The Balaban J connectivity index is 1.88. The zero-order valence-corrected chi connectivity index (χ0v) is 11.4. The molecule has 2 aliphatic carbocycles. The fraction of sp³-hybridized carbons (Fsp3) is 0.462. The fourth-order valence-corrected chi connectivity index (χ4v) is 3.34. The topological polar surface area (TPSA) is 17.1 Å². The van der Waals surface area contributed by atoms with Gasteiger partial charge in [-0.2, -0.15) is 0 Å². The third-order valence-electron chi connectivity index (χ3n) is 3.92. The summed E-state index contributed by atoms with van der Waals surface area (Å²) in [6.45, 7) is 0. The van der Waals surface area contributed by atoms with E-state index < -0.39 is 5.82 Å². The first-order chi connectivity index (χ1) is 8.08. The maximum Gasteiger partial charge on any atom is 0.168 e. The zero-order valence-electron chi connectivity index (χ0n) is 9.05. The Morgan fingerprint density at radius 3 is 2.59 bits per heavy atom. The molecule has 2 saturated carbocycles. The summed E-state index contributed by atoms with van der Waals surface area (Å²) in [6, 6.07) is 3.16. The van der Waals surface area contributed by atoms with Crippen LogP contribution in [0.4, 0.5) is 4.39 Å². The van der Waals surface area contributed by atoms with Gasteiger partial charge in [0, 0.05) is 10.4 Å². The van der Waals surface area contributed by atoms with Crippen LogP contribution in [-0.4, -0.2) is 5.78 Å². The summed E-state index contributed by atoms with van der Waals surface area (Å²) in [5.74, 6) is 0.775. The average Bonchev–Trinajstić information content (AvgIpc) is 2.93. The fourth-order valence-electron chi connectivity index (χ4n) is 2.86. The maximum atomic E-state index is 13.9. The van der Waals surface area contributed by atoms with Crippen LogP contribution in [0, 0.1) is 23.6 Å². The third-order valence-corrected chi connectivity index (χ3v) is 5.17. The summed E-state index contributed by atoms with van der Waals surface area (Å²) in [5.41, 5.74) is 0.143. The SMILES string of the molecule is O=C(c1ccc(Br)c(Cl)c1F)C1CC2CC2C1. The molecule has 2 aliphatic rings. The van der Waals surface area contributed by atoms with E-state index in [0.29, 0.717) is 4.47 Å². The minimum Gasteiger partial charge on any atom is -0.294 e. The van der Waals surface area contributed by atoms with Crippen molar-refractivity contribution in [2.45, 2.75) is 19.3 Å². The lowest BCUT2D eigenvalue weighted by Gasteiger charge is -2.12. The van der Waals surface area contributed by atoms with Crippen molar-refractivity contribution in [2.24, 2.45) is 17.8 Å². The van der Waals surface area contributed by atoms with Gasteiger partial charge in [-0.25, -0.2) is 4.39 Å². The van der Waals surface area contributed by atoms with Crippen molar-refractivity contribution >= 4 is 33.3 Å². The number of carbonyl (C=O) groups excluding carboxylic acids is 1. The van der Waals surface area contributed by atoms with Gasteiger partial charge in [0.15, 0.2) is 11.6 Å². The molecular weight excluding hydrogens is 306 g/mol. The van der Waals surface area contributed by atoms with Gasteiger partial charge in [-0.1, -0.05) is 11.6 Å². The van der Waals surface area contributed by atoms with Crippen molar-refractivity contribution in [1.29, 1.82) is 0 Å². The molecule has 1 aromatic carbocycles. The number of Topliss-reactive ketones (excluding diaryl/α,β-unsaturated/α-hetero) is 1. The monoisotopic (exact) mass is 316 g/mol. The summed E-state index contributed by atoms with van der Waals surface area (Å²) in [5, 5.41) is -0.000920. The highest BCUT2D eigenvalue weighted by Gasteiger charge is 2.48. The Hall–Kier alpha value is -0.410. The van der Waals surface area contributed by atoms with Gasteiger partial charge >= 0.3 is 0 Å². The first kappa shape index (κ1) is 11.7. The molecular formula is C13H11BrClFO. The Morgan fingerprint density at radius 1 is 1.29 bits per heavy atom. The van der Waals surface area contributed by atoms with Crippen LogP contribution in [0.25, 0.3) is 0 Å². The average molecular weight is 318 g/mol. The van der Waals surface area contributed by atoms with Gasteiger partial charge in [-0.3, -0.25) is 4.79 Å². The van der Waals surface area contributed by atoms with Crippen LogP contribution in [0.1, 0.15) is 29.6 Å². The smallest absolute Gasteiger partial charge is 0.168 e. The van der Waals surface area contributed by atoms with Crippen LogP contribution in [0.2, 0.25) is 5.02 Å². The lowest BCUT2D eigenvalue weighted by atomic mass is 9.93. The van der Waals surface area contributed by atoms with Crippen LogP contribution >= 0.6 is 27.5 Å². The molecule has 17 heavy (non-hydrogen) atoms. The molecule has 4 heteroatoms. The van der Waals surface area contributed by atoms with Gasteiger partial charge in [0.05, 0.1) is 10.6 Å². The summed E-state index contributed by atoms with van der Waals surface area (Å²) >= 11 is 8.94. The highest BCUT2D eigenvalue weighted by Crippen LogP contribution is 2.55. The maximum absolute atomic E-state index is 13.9. The predicted octanol–water partition coefficient (Wildman–Crippen LogP) is 4.47. The summed E-state index contributed by atoms with van der Waals surface area (Å²) in [4.78, 5) is 12.2. The van der Waals surface area contributed by atoms with Crippen LogP contribution in [0.3, 0.4) is 0 Å². The number of rotatable bonds is 2. The van der Waals surface area contributed by atoms with Crippen molar-refractivity contribution < 1.29 is 9.18 Å². The number of fused-ring (bicyclic) bond motifs is 1. The number of hydrogen-bond acceptors (Lipinski definition) is 1. The van der Waals surface area contributed by atoms with Gasteiger partial charge in [-0.15, -0.1) is 0 Å². The van der Waals surface area contributed by atoms with E-state index >= 15 is 0 Å². The molecule has 0 saturated heterocycles. The summed E-state index contributed by atoms with van der Waals surface area (Å²) in [6.07, 6.45) is 3.11. The van der Waals surface area contributed by atoms with Gasteiger partial charge < -0.3 is 0 Å². The van der Waals surface area contributed by atoms with E-state index in [1.165, 1.54) is 12.5 Å². The first-order valence-electron chi connectivity index (χ1n) is 5.75. The highest BCUT2D eigenvalue weighted by molar-refractivity contribution is 9.10. The third kappa shape index (κ3) is 1.93. The minimum absolute atomic E-state index is 0.000920. The number of benzene rings is 1. The second kappa shape index (κ2) is 4.06. The van der Waals surface area contributed by atoms with Crippen LogP contribution in [-0.2, 0) is 0 Å². The quantitative estimate of drug-likeness (QED) is 0.581. The molecule has 0 radical (unpaired) electrons. The van der Waals surface area contributed by atoms with E-state index in [1.807, 2.05) is 0 Å². The standard InChI is InChI=1S/C13H11BrClFO/c14-10-2-1-9(12(16)11(10)15)13(17)8-4-6-3-7(6)5-8/h1-2,6-8H,3-5H2. The highest BCUT2D eigenvalue weighted by atomic mass is 79.9. The van der Waals surface area contributed by atoms with Crippen molar-refractivity contribution in [2.75, 3.05) is 0 Å². The van der Waals surface area contributed by atoms with E-state index in [4.69, 9.17) is 11.6 Å². The van der Waals surface area contributed by atoms with Gasteiger partial charge in [-0.05, 0) is 59.2 Å². The lowest BCUT2D eigenvalue weighted by Crippen LogP contribution is -2.14. The molecule has 0 spiro atoms. The second-order valence-electron chi connectivity index (χ2n) is 5.01. The molecule has 1 aromatic rings. The molecule has 0 N–H and O–H groups in total. The molecule has 0 bridgehead atoms. The van der Waals surface area contributed by atoms with Crippen LogP contribution in [0.5, 0.6) is 0 Å². The van der Waals surface area contributed by atoms with Gasteiger partial charge in [0.25, 0.3) is 0 Å². The van der Waals surface area contributed by atoms with Crippen LogP contribution in [0.15, 0.2) is 16.6 Å². The first-order valence-corrected chi connectivity index (χ1v) is 6.92. The Bertz CT molecular complexity index is 492. The summed E-state index contributed by atoms with van der Waals surface area (Å²) in [7, 11) is 0. The van der Waals surface area contributed by atoms with Crippen molar-refractivity contribution in [1.82, 2.24) is 0 Å². The zero-order chi connectivity index (χ0) is 12.2. The number of halogens is 3. The predicted molar refractivity (Wildman–Crippen MR) is 67.8 cm³/mol. The molecule has 0 amide bonds. The number of ketones is 1. The summed E-state index contributed by atoms with van der Waals surface area (Å²) < 4.78 is 14.4. The molecule has 1 nitrogen and oxygen atoms in total. The van der Waals surface area contributed by atoms with E-state index in [0.717, 1.165) is 24.7 Å². The number of carbonyl (C=O) groups is 1. The van der Waals surface area contributed by atoms with Crippen molar-refractivity contribution in [3.05, 3.63) is 33.0 Å².